The van der Waals surface area contributed by atoms with Crippen molar-refractivity contribution in [3.05, 3.63) is 107 Å². The summed E-state index contributed by atoms with van der Waals surface area (Å²) < 4.78 is 43.7. The second-order valence-electron chi connectivity index (χ2n) is 13.4. The van der Waals surface area contributed by atoms with Crippen molar-refractivity contribution in [1.29, 1.82) is 0 Å². The fourth-order valence-electron chi connectivity index (χ4n) is 6.31. The molecule has 1 aliphatic rings. The Morgan fingerprint density at radius 2 is 1.68 bits per heavy atom. The Morgan fingerprint density at radius 1 is 0.932 bits per heavy atom. The van der Waals surface area contributed by atoms with E-state index in [9.17, 15) is 4.39 Å². The Hall–Kier alpha value is -5.69. The fraction of sp³-hybridized carbons (Fsp3) is 0.302. The fourth-order valence-corrected chi connectivity index (χ4v) is 6.99. The maximum Gasteiger partial charge on any atom is 0.166 e. The van der Waals surface area contributed by atoms with Gasteiger partial charge < -0.3 is 40.1 Å². The van der Waals surface area contributed by atoms with E-state index in [1.165, 1.54) is 18.5 Å². The van der Waals surface area contributed by atoms with Gasteiger partial charge in [0.15, 0.2) is 23.1 Å². The number of benzene rings is 3. The quantitative estimate of drug-likeness (QED) is 0.0517. The molecule has 1 saturated heterocycles. The van der Waals surface area contributed by atoms with Crippen LogP contribution in [0.5, 0.6) is 17.2 Å². The van der Waals surface area contributed by atoms with E-state index >= 15 is 0 Å². The number of halogens is 3. The molecule has 0 radical (unpaired) electrons. The smallest absolute Gasteiger partial charge is 0.166 e. The summed E-state index contributed by atoms with van der Waals surface area (Å²) in [6.07, 6.45) is 14.0. The highest BCUT2D eigenvalue weighted by Gasteiger charge is 2.21. The number of piperidine rings is 1. The number of methoxy groups -OCH3 is 2. The molecule has 0 bridgehead atoms. The third kappa shape index (κ3) is 11.1. The van der Waals surface area contributed by atoms with Crippen molar-refractivity contribution in [2.24, 2.45) is 0 Å². The van der Waals surface area contributed by atoms with Gasteiger partial charge in [0.25, 0.3) is 0 Å². The van der Waals surface area contributed by atoms with Crippen molar-refractivity contribution in [3.63, 3.8) is 0 Å². The number of hydrogen-bond acceptors (Lipinski definition) is 12. The van der Waals surface area contributed by atoms with E-state index < -0.39 is 11.9 Å². The van der Waals surface area contributed by atoms with Gasteiger partial charge in [-0.1, -0.05) is 35.2 Å². The van der Waals surface area contributed by atoms with E-state index in [1.54, 1.807) is 33.4 Å². The zero-order valence-corrected chi connectivity index (χ0v) is 34.4. The van der Waals surface area contributed by atoms with Crippen LogP contribution in [0.25, 0.3) is 22.0 Å². The maximum absolute atomic E-state index is 13.9. The molecule has 0 unspecified atom stereocenters. The summed E-state index contributed by atoms with van der Waals surface area (Å²) in [7, 11) is 3.25. The Labute approximate surface area is 352 Å². The molecule has 7 rings (SSSR count). The number of nitrogens with two attached hydrogens (primary N) is 1. The monoisotopic (exact) mass is 842 g/mol. The number of aromatic nitrogens is 5. The number of anilines is 3. The van der Waals surface area contributed by atoms with Crippen molar-refractivity contribution in [1.82, 2.24) is 30.0 Å². The molecule has 0 amide bonds. The number of ether oxygens (including phenoxy) is 5. The van der Waals surface area contributed by atoms with Crippen LogP contribution >= 0.6 is 23.2 Å². The van der Waals surface area contributed by atoms with Gasteiger partial charge in [-0.3, -0.25) is 4.68 Å². The van der Waals surface area contributed by atoms with Gasteiger partial charge >= 0.3 is 0 Å². The third-order valence-corrected chi connectivity index (χ3v) is 10.1. The summed E-state index contributed by atoms with van der Waals surface area (Å²) in [5, 5.41) is 12.2. The first-order valence-electron chi connectivity index (χ1n) is 18.9. The van der Waals surface area contributed by atoms with Gasteiger partial charge in [-0.15, -0.1) is 6.42 Å². The second kappa shape index (κ2) is 20.8. The molecule has 308 valence electrons. The lowest BCUT2D eigenvalue weighted by Gasteiger charge is -2.22. The van der Waals surface area contributed by atoms with Crippen molar-refractivity contribution in [2.75, 3.05) is 64.8 Å². The second-order valence-corrected chi connectivity index (χ2v) is 14.2. The van der Waals surface area contributed by atoms with Crippen LogP contribution in [0.4, 0.5) is 21.7 Å². The molecule has 0 spiro atoms. The molecule has 16 heteroatoms. The molecule has 6 aromatic rings. The molecule has 13 nitrogen and oxygen atoms in total. The van der Waals surface area contributed by atoms with Crippen LogP contribution in [-0.4, -0.2) is 78.5 Å². The molecule has 3 aromatic carbocycles. The lowest BCUT2D eigenvalue weighted by atomic mass is 10.1. The van der Waals surface area contributed by atoms with Gasteiger partial charge in [-0.2, -0.15) is 5.10 Å². The first-order valence-corrected chi connectivity index (χ1v) is 19.6. The number of nitrogens with one attached hydrogen (secondary N) is 2. The van der Waals surface area contributed by atoms with Gasteiger partial charge in [0.1, 0.15) is 37.3 Å². The number of hydrogen-bond donors (Lipinski definition) is 3. The Bertz CT molecular complexity index is 2390. The first-order chi connectivity index (χ1) is 28.7. The minimum absolute atomic E-state index is 0.0686. The molecular formula is C43H45Cl2FN8O5. The highest BCUT2D eigenvalue weighted by atomic mass is 35.5. The molecule has 3 aromatic heterocycles. The number of terminal acetylenes is 1. The molecule has 4 heterocycles. The Kier molecular flexibility index (Phi) is 15.1. The minimum Gasteiger partial charge on any atom is -0.487 e. The molecule has 0 saturated carbocycles. The topological polar surface area (TPSA) is 153 Å². The molecule has 1 aliphatic heterocycles. The summed E-state index contributed by atoms with van der Waals surface area (Å²) in [5.74, 6) is 4.47. The summed E-state index contributed by atoms with van der Waals surface area (Å²) >= 11 is 12.3. The van der Waals surface area contributed by atoms with E-state index in [1.807, 2.05) is 53.5 Å². The molecule has 0 aliphatic carbocycles. The lowest BCUT2D eigenvalue weighted by molar-refractivity contribution is 0.132. The van der Waals surface area contributed by atoms with E-state index in [2.05, 4.69) is 36.6 Å². The van der Waals surface area contributed by atoms with Crippen LogP contribution in [0.1, 0.15) is 43.0 Å². The maximum atomic E-state index is 13.9. The number of rotatable bonds is 15. The average molecular weight is 844 g/mol. The highest BCUT2D eigenvalue weighted by molar-refractivity contribution is 6.36. The molecule has 4 N–H and O–H groups in total. The average Bonchev–Trinajstić information content (AvgIpc) is 3.75. The Morgan fingerprint density at radius 3 is 2.41 bits per heavy atom. The summed E-state index contributed by atoms with van der Waals surface area (Å²) in [4.78, 5) is 13.0. The standard InChI is InChI=1S/C22H23N3O4.C21H22Cl2FN5O/c1-4-16-6-5-7-17(12-16)25-22-18-13-20(28-10-8-26-2)21(29-11-9-27-3)14-19(18)23-15-24-22;1-12(19-16(22)2-3-17(24)20(19)23)30-18-8-13(9-27-21(18)25)14-10-28-29(11-14)15-4-6-26-7-5-15/h1,5-7,12-15H,8-11H2,2-3H3,(H,23,24,25);2-3,8-12,15,26H,4-7H2,1H3,(H2,25,27)/t;12-/m.1/s1. The molecule has 1 fully saturated rings. The predicted octanol–water partition coefficient (Wildman–Crippen LogP) is 8.44. The van der Waals surface area contributed by atoms with Crippen LogP contribution < -0.4 is 30.6 Å². The van der Waals surface area contributed by atoms with Crippen LogP contribution in [0.15, 0.2) is 79.5 Å². The third-order valence-electron chi connectivity index (χ3n) is 9.37. The van der Waals surface area contributed by atoms with Gasteiger partial charge in [-0.25, -0.2) is 19.3 Å². The summed E-state index contributed by atoms with van der Waals surface area (Å²) in [6.45, 7) is 5.44. The van der Waals surface area contributed by atoms with E-state index in [0.717, 1.165) is 59.2 Å². The SMILES string of the molecule is C#Cc1cccc(Nc2ncnc3cc(OCCOC)c(OCCOC)cc23)c1.C[C@@H](Oc1cc(-c2cnn(C3CCNCC3)c2)cnc1N)c1c(Cl)ccc(F)c1Cl. The Balaban J connectivity index is 0.000000199. The van der Waals surface area contributed by atoms with E-state index in [4.69, 9.17) is 59.0 Å². The normalized spacial score (nSPS) is 13.2. The van der Waals surface area contributed by atoms with E-state index in [0.29, 0.717) is 66.1 Å². The molecule has 59 heavy (non-hydrogen) atoms. The van der Waals surface area contributed by atoms with Crippen molar-refractivity contribution in [2.45, 2.75) is 31.9 Å². The van der Waals surface area contributed by atoms with Crippen LogP contribution in [0.2, 0.25) is 10.0 Å². The zero-order chi connectivity index (χ0) is 41.7. The number of nitrogen functional groups attached to an aromatic ring is 1. The van der Waals surface area contributed by atoms with E-state index in [-0.39, 0.29) is 10.8 Å². The summed E-state index contributed by atoms with van der Waals surface area (Å²) in [5.41, 5.74) is 10.5. The van der Waals surface area contributed by atoms with Crippen molar-refractivity contribution < 1.29 is 28.1 Å². The molecular weight excluding hydrogens is 798 g/mol. The van der Waals surface area contributed by atoms with Crippen LogP contribution in [0, 0.1) is 18.2 Å². The first kappa shape index (κ1) is 42.9. The van der Waals surface area contributed by atoms with Gasteiger partial charge in [-0.05, 0) is 75.3 Å². The van der Waals surface area contributed by atoms with Crippen LogP contribution in [-0.2, 0) is 9.47 Å². The predicted molar refractivity (Wildman–Crippen MR) is 228 cm³/mol. The van der Waals surface area contributed by atoms with Gasteiger partial charge in [0.05, 0.1) is 36.0 Å². The number of pyridine rings is 1. The van der Waals surface area contributed by atoms with Crippen molar-refractivity contribution in [3.8, 4) is 40.7 Å². The number of nitrogens with zero attached hydrogens (tertiary/aromatic N) is 5. The van der Waals surface area contributed by atoms with Gasteiger partial charge in [0.2, 0.25) is 0 Å². The van der Waals surface area contributed by atoms with Gasteiger partial charge in [0, 0.05) is 71.0 Å². The van der Waals surface area contributed by atoms with Crippen LogP contribution in [0.3, 0.4) is 0 Å². The molecule has 1 atom stereocenters. The van der Waals surface area contributed by atoms with Crippen molar-refractivity contribution >= 4 is 51.4 Å². The largest absolute Gasteiger partial charge is 0.487 e. The zero-order valence-electron chi connectivity index (χ0n) is 32.9. The minimum atomic E-state index is -0.627. The number of fused-ring (bicyclic) bond motifs is 1. The lowest BCUT2D eigenvalue weighted by Crippen LogP contribution is -2.29. The summed E-state index contributed by atoms with van der Waals surface area (Å²) in [6, 6.07) is 16.1. The highest BCUT2D eigenvalue weighted by Crippen LogP contribution is 2.38.